The van der Waals surface area contributed by atoms with E-state index in [1.165, 1.54) is 25.3 Å². The first-order valence-corrected chi connectivity index (χ1v) is 19.5. The lowest BCUT2D eigenvalue weighted by Gasteiger charge is -2.68. The van der Waals surface area contributed by atoms with Gasteiger partial charge in [0.2, 0.25) is 0 Å². The Balaban J connectivity index is 1.04. The van der Waals surface area contributed by atoms with E-state index >= 15 is 0 Å². The molecule has 0 amide bonds. The monoisotopic (exact) mass is 702 g/mol. The van der Waals surface area contributed by atoms with Crippen molar-refractivity contribution in [1.29, 1.82) is 0 Å². The Labute approximate surface area is 303 Å². The zero-order valence-corrected chi connectivity index (χ0v) is 30.0. The highest BCUT2D eigenvalue weighted by atomic mass is 16.6. The molecule has 11 aliphatic rings. The SMILES string of the molecule is CCC12C=CCN3CCC4(C(=C(C(=O)OC)C1)Nc1cc(O)c(C5C6OC6C67CCC8(Nc9ccccc9C89CCN5C69)C(C(=O)OC)C7)cc14)C32. The molecule has 10 heteroatoms. The van der Waals surface area contributed by atoms with Gasteiger partial charge < -0.3 is 30.0 Å². The lowest BCUT2D eigenvalue weighted by atomic mass is 9.38. The van der Waals surface area contributed by atoms with Gasteiger partial charge in [-0.3, -0.25) is 14.6 Å². The third-order valence-corrected chi connectivity index (χ3v) is 16.6. The predicted octanol–water partition coefficient (Wildman–Crippen LogP) is 4.90. The Kier molecular flexibility index (Phi) is 5.55. The molecule has 3 N–H and O–H groups in total. The molecule has 10 nitrogen and oxygen atoms in total. The van der Waals surface area contributed by atoms with Gasteiger partial charge in [0.25, 0.3) is 0 Å². The number of ether oxygens (including phenoxy) is 3. The number of piperidine rings is 1. The number of benzene rings is 2. The number of aromatic hydroxyl groups is 1. The topological polar surface area (TPSA) is 116 Å². The summed E-state index contributed by atoms with van der Waals surface area (Å²) < 4.78 is 17.9. The van der Waals surface area contributed by atoms with Crippen molar-refractivity contribution in [3.05, 3.63) is 76.5 Å². The van der Waals surface area contributed by atoms with E-state index in [1.807, 2.05) is 6.07 Å². The summed E-state index contributed by atoms with van der Waals surface area (Å²) in [4.78, 5) is 32.6. The molecule has 3 saturated carbocycles. The van der Waals surface area contributed by atoms with Crippen LogP contribution in [0.1, 0.15) is 74.6 Å². The molecule has 2 aromatic rings. The summed E-state index contributed by atoms with van der Waals surface area (Å²) in [5.41, 5.74) is 5.65. The summed E-state index contributed by atoms with van der Waals surface area (Å²) in [6, 6.07) is 13.2. The van der Waals surface area contributed by atoms with Gasteiger partial charge in [0.1, 0.15) is 11.9 Å². The van der Waals surface area contributed by atoms with E-state index in [9.17, 15) is 14.7 Å². The zero-order valence-electron chi connectivity index (χ0n) is 30.0. The fraction of sp³-hybridized carbons (Fsp3) is 0.571. The molecule has 0 aromatic heterocycles. The first kappa shape index (κ1) is 30.6. The van der Waals surface area contributed by atoms with Crippen LogP contribution in [-0.4, -0.2) is 90.5 Å². The second-order valence-corrected chi connectivity index (χ2v) is 17.7. The van der Waals surface area contributed by atoms with E-state index in [4.69, 9.17) is 14.2 Å². The lowest BCUT2D eigenvalue weighted by Crippen LogP contribution is -2.78. The summed E-state index contributed by atoms with van der Waals surface area (Å²) in [6.07, 6.45) is 10.6. The van der Waals surface area contributed by atoms with Crippen molar-refractivity contribution in [2.24, 2.45) is 16.7 Å². The minimum absolute atomic E-state index is 0.00476. The van der Waals surface area contributed by atoms with Crippen LogP contribution in [0.2, 0.25) is 0 Å². The first-order chi connectivity index (χ1) is 25.2. The normalized spacial score (nSPS) is 44.8. The van der Waals surface area contributed by atoms with Gasteiger partial charge in [0.05, 0.1) is 48.8 Å². The predicted molar refractivity (Wildman–Crippen MR) is 192 cm³/mol. The van der Waals surface area contributed by atoms with E-state index in [-0.39, 0.29) is 70.2 Å². The Hall–Kier alpha value is -3.86. The average Bonchev–Trinajstić information content (AvgIpc) is 3.43. The highest BCUT2D eigenvalue weighted by Crippen LogP contribution is 2.78. The van der Waals surface area contributed by atoms with Crippen molar-refractivity contribution < 1.29 is 28.9 Å². The summed E-state index contributed by atoms with van der Waals surface area (Å²) in [5, 5.41) is 19.9. The maximum absolute atomic E-state index is 13.8. The van der Waals surface area contributed by atoms with E-state index in [0.29, 0.717) is 6.42 Å². The molecule has 11 atom stereocenters. The zero-order chi connectivity index (χ0) is 35.2. The molecular weight excluding hydrogens is 656 g/mol. The smallest absolute Gasteiger partial charge is 0.335 e. The quantitative estimate of drug-likeness (QED) is 0.231. The van der Waals surface area contributed by atoms with Gasteiger partial charge in [-0.25, -0.2) is 4.79 Å². The van der Waals surface area contributed by atoms with Crippen LogP contribution in [0.3, 0.4) is 0 Å². The summed E-state index contributed by atoms with van der Waals surface area (Å²) in [7, 11) is 3.01. The Morgan fingerprint density at radius 2 is 1.88 bits per heavy atom. The average molecular weight is 703 g/mol. The van der Waals surface area contributed by atoms with E-state index in [0.717, 1.165) is 86.4 Å². The molecule has 2 bridgehead atoms. The number of esters is 2. The van der Waals surface area contributed by atoms with Crippen LogP contribution in [0.25, 0.3) is 0 Å². The standard InChI is InChI=1S/C42H46N4O6/c1-4-38-10-7-15-45-16-13-40(36(38)45)25-18-22(29(47)19-28(25)43-32(40)23(20-38)34(48)50-2)30-31-33(52-31)39-11-12-42(26(21-39)35(49)51-3)41(14-17-46(30)37(39)41)24-8-5-6-9-27(24)44-42/h5-10,18-19,26,30-31,33,36-37,43-44,47H,4,11-17,20-21H2,1-3H3. The van der Waals surface area contributed by atoms with Crippen molar-refractivity contribution in [3.63, 3.8) is 0 Å². The van der Waals surface area contributed by atoms with E-state index in [1.54, 1.807) is 0 Å². The number of carbonyl (C=O) groups excluding carboxylic acids is 2. The van der Waals surface area contributed by atoms with Crippen molar-refractivity contribution in [2.45, 2.75) is 98.6 Å². The molecule has 11 unspecified atom stereocenters. The van der Waals surface area contributed by atoms with Gasteiger partial charge in [-0.15, -0.1) is 0 Å². The molecule has 13 rings (SSSR count). The van der Waals surface area contributed by atoms with Crippen LogP contribution in [0, 0.1) is 16.7 Å². The van der Waals surface area contributed by atoms with Gasteiger partial charge in [-0.05, 0) is 68.2 Å². The summed E-state index contributed by atoms with van der Waals surface area (Å²) >= 11 is 0. The molecule has 4 saturated heterocycles. The fourth-order valence-electron chi connectivity index (χ4n) is 15.1. The van der Waals surface area contributed by atoms with Crippen LogP contribution in [0.15, 0.2) is 59.8 Å². The molecular formula is C42H46N4O6. The molecule has 4 aliphatic carbocycles. The molecule has 7 heterocycles. The number of nitrogens with one attached hydrogen (secondary N) is 2. The number of phenolic OH excluding ortho intramolecular Hbond substituents is 1. The maximum Gasteiger partial charge on any atom is 0.335 e. The molecule has 52 heavy (non-hydrogen) atoms. The number of anilines is 2. The lowest BCUT2D eigenvalue weighted by molar-refractivity contribution is -0.173. The first-order valence-electron chi connectivity index (χ1n) is 19.5. The number of carbonyl (C=O) groups is 2. The van der Waals surface area contributed by atoms with Crippen LogP contribution in [0.5, 0.6) is 5.75 Å². The number of fused-ring (bicyclic) bond motifs is 5. The number of methoxy groups -OCH3 is 2. The minimum atomic E-state index is -0.433. The van der Waals surface area contributed by atoms with E-state index in [2.05, 4.69) is 69.8 Å². The number of hydrogen-bond donors (Lipinski definition) is 3. The molecule has 4 spiro atoms. The van der Waals surface area contributed by atoms with Gasteiger partial charge in [-0.2, -0.15) is 0 Å². The van der Waals surface area contributed by atoms with Crippen molar-refractivity contribution >= 4 is 23.3 Å². The highest BCUT2D eigenvalue weighted by Gasteiger charge is 2.85. The number of epoxide rings is 1. The molecule has 7 fully saturated rings. The molecule has 7 aliphatic heterocycles. The Bertz CT molecular complexity index is 2100. The number of para-hydroxylation sites is 1. The van der Waals surface area contributed by atoms with Gasteiger partial charge in [0, 0.05) is 76.7 Å². The number of nitrogens with zero attached hydrogens (tertiary/aromatic N) is 2. The highest BCUT2D eigenvalue weighted by molar-refractivity contribution is 5.93. The summed E-state index contributed by atoms with van der Waals surface area (Å²) in [6.45, 7) is 4.95. The molecule has 2 aromatic carbocycles. The number of rotatable bonds is 4. The number of phenols is 1. The van der Waals surface area contributed by atoms with Gasteiger partial charge in [0.15, 0.2) is 0 Å². The van der Waals surface area contributed by atoms with Crippen LogP contribution < -0.4 is 10.6 Å². The largest absolute Gasteiger partial charge is 0.508 e. The number of hydrogen-bond acceptors (Lipinski definition) is 10. The summed E-state index contributed by atoms with van der Waals surface area (Å²) in [5.74, 6) is -0.379. The van der Waals surface area contributed by atoms with Crippen molar-refractivity contribution in [2.75, 3.05) is 44.5 Å². The Morgan fingerprint density at radius 1 is 1.02 bits per heavy atom. The van der Waals surface area contributed by atoms with Gasteiger partial charge >= 0.3 is 11.9 Å². The molecule has 270 valence electrons. The van der Waals surface area contributed by atoms with Crippen LogP contribution in [0.4, 0.5) is 11.4 Å². The minimum Gasteiger partial charge on any atom is -0.508 e. The van der Waals surface area contributed by atoms with E-state index < -0.39 is 11.0 Å². The van der Waals surface area contributed by atoms with Crippen LogP contribution >= 0.6 is 0 Å². The fourth-order valence-corrected chi connectivity index (χ4v) is 15.1. The third kappa shape index (κ3) is 3.03. The van der Waals surface area contributed by atoms with Crippen molar-refractivity contribution in [3.8, 4) is 5.75 Å². The Morgan fingerprint density at radius 3 is 2.71 bits per heavy atom. The maximum atomic E-state index is 13.8. The van der Waals surface area contributed by atoms with Crippen LogP contribution in [-0.2, 0) is 34.6 Å². The van der Waals surface area contributed by atoms with Crippen molar-refractivity contribution in [1.82, 2.24) is 9.80 Å². The third-order valence-electron chi connectivity index (χ3n) is 16.6. The second-order valence-electron chi connectivity index (χ2n) is 17.7. The second kappa shape index (κ2) is 9.43. The molecule has 0 radical (unpaired) electrons. The van der Waals surface area contributed by atoms with Gasteiger partial charge in [-0.1, -0.05) is 37.3 Å².